The lowest BCUT2D eigenvalue weighted by atomic mass is 9.87. The number of hydrogen-bond acceptors (Lipinski definition) is 5. The number of carbonyl (C=O) groups excluding carboxylic acids is 1. The number of benzene rings is 3. The Morgan fingerprint density at radius 2 is 1.68 bits per heavy atom. The van der Waals surface area contributed by atoms with Crippen LogP contribution in [0.3, 0.4) is 0 Å². The van der Waals surface area contributed by atoms with E-state index in [0.29, 0.717) is 41.7 Å². The Balaban J connectivity index is 1.59. The maximum absolute atomic E-state index is 13.2. The molecule has 0 saturated heterocycles. The molecule has 1 heterocycles. The van der Waals surface area contributed by atoms with Crippen LogP contribution in [0.25, 0.3) is 22.0 Å². The van der Waals surface area contributed by atoms with E-state index in [4.69, 9.17) is 9.47 Å². The highest BCUT2D eigenvalue weighted by molar-refractivity contribution is 7.92. The largest absolute Gasteiger partial charge is 0.413 e. The topological polar surface area (TPSA) is 110 Å². The van der Waals surface area contributed by atoms with Crippen molar-refractivity contribution < 1.29 is 22.7 Å². The van der Waals surface area contributed by atoms with Gasteiger partial charge in [0.2, 0.25) is 5.88 Å². The van der Waals surface area contributed by atoms with Crippen LogP contribution in [-0.2, 0) is 20.2 Å². The number of H-pyrrole nitrogens is 1. The lowest BCUT2D eigenvalue weighted by Gasteiger charge is -2.19. The standard InChI is InChI=1S/C31H37N3O5S/c1-21(2)38-19-9-18-32-30(35)39-29-28(22-10-7-6-8-11-22)26-20-24(14-17-27(26)33-29)34-40(36,37)25-15-12-23(13-16-25)31(3,4)5/h6-8,10-17,20-21,33-34H,9,18-19H2,1-5H3,(H,32,35). The third-order valence-electron chi connectivity index (χ3n) is 6.35. The summed E-state index contributed by atoms with van der Waals surface area (Å²) in [6, 6.07) is 21.6. The molecule has 0 unspecified atom stereocenters. The SMILES string of the molecule is CC(C)OCCCNC(=O)Oc1[nH]c2ccc(NS(=O)(=O)c3ccc(C(C)(C)C)cc3)cc2c1-c1ccccc1. The number of aromatic nitrogens is 1. The first-order chi connectivity index (χ1) is 18.9. The van der Waals surface area contributed by atoms with Gasteiger partial charge in [-0.2, -0.15) is 0 Å². The molecular formula is C31H37N3O5S. The lowest BCUT2D eigenvalue weighted by molar-refractivity contribution is 0.0771. The highest BCUT2D eigenvalue weighted by Crippen LogP contribution is 2.39. The van der Waals surface area contributed by atoms with Gasteiger partial charge in [-0.05, 0) is 67.1 Å². The van der Waals surface area contributed by atoms with Gasteiger partial charge < -0.3 is 19.8 Å². The van der Waals surface area contributed by atoms with E-state index in [1.165, 1.54) is 0 Å². The highest BCUT2D eigenvalue weighted by atomic mass is 32.2. The van der Waals surface area contributed by atoms with Gasteiger partial charge in [0.1, 0.15) is 0 Å². The zero-order chi connectivity index (χ0) is 28.9. The van der Waals surface area contributed by atoms with Crippen molar-refractivity contribution in [2.75, 3.05) is 17.9 Å². The summed E-state index contributed by atoms with van der Waals surface area (Å²) in [4.78, 5) is 15.9. The molecule has 3 aromatic carbocycles. The summed E-state index contributed by atoms with van der Waals surface area (Å²) in [5.74, 6) is 0.273. The summed E-state index contributed by atoms with van der Waals surface area (Å²) in [6.45, 7) is 11.1. The monoisotopic (exact) mass is 563 g/mol. The molecule has 0 atom stereocenters. The van der Waals surface area contributed by atoms with Gasteiger partial charge in [0.05, 0.1) is 16.6 Å². The van der Waals surface area contributed by atoms with Crippen molar-refractivity contribution in [1.82, 2.24) is 10.3 Å². The number of nitrogens with one attached hydrogen (secondary N) is 3. The number of fused-ring (bicyclic) bond motifs is 1. The number of rotatable bonds is 10. The minimum atomic E-state index is -3.82. The fourth-order valence-corrected chi connectivity index (χ4v) is 5.31. The summed E-state index contributed by atoms with van der Waals surface area (Å²) in [6.07, 6.45) is 0.205. The van der Waals surface area contributed by atoms with Crippen LogP contribution >= 0.6 is 0 Å². The van der Waals surface area contributed by atoms with Crippen LogP contribution in [0.5, 0.6) is 5.88 Å². The number of anilines is 1. The summed E-state index contributed by atoms with van der Waals surface area (Å²) in [7, 11) is -3.82. The molecule has 40 heavy (non-hydrogen) atoms. The summed E-state index contributed by atoms with van der Waals surface area (Å²) in [5.41, 5.74) is 3.54. The van der Waals surface area contributed by atoms with Crippen molar-refractivity contribution >= 4 is 32.7 Å². The molecule has 9 heteroatoms. The normalized spacial score (nSPS) is 12.1. The third kappa shape index (κ3) is 7.22. The van der Waals surface area contributed by atoms with Crippen molar-refractivity contribution in [3.8, 4) is 17.0 Å². The molecular weight excluding hydrogens is 526 g/mol. The van der Waals surface area contributed by atoms with Crippen LogP contribution in [0.4, 0.5) is 10.5 Å². The van der Waals surface area contributed by atoms with Gasteiger partial charge >= 0.3 is 6.09 Å². The van der Waals surface area contributed by atoms with Crippen molar-refractivity contribution in [2.45, 2.75) is 57.5 Å². The van der Waals surface area contributed by atoms with Crippen molar-refractivity contribution in [1.29, 1.82) is 0 Å². The van der Waals surface area contributed by atoms with E-state index in [1.54, 1.807) is 30.3 Å². The Bertz CT molecular complexity index is 1550. The molecule has 1 amide bonds. The molecule has 0 saturated carbocycles. The van der Waals surface area contributed by atoms with Crippen molar-refractivity contribution in [2.24, 2.45) is 0 Å². The number of amides is 1. The molecule has 0 aliphatic heterocycles. The molecule has 0 spiro atoms. The number of aromatic amines is 1. The molecule has 4 aromatic rings. The van der Waals surface area contributed by atoms with Crippen molar-refractivity contribution in [3.05, 3.63) is 78.4 Å². The molecule has 1 aromatic heterocycles. The van der Waals surface area contributed by atoms with E-state index in [9.17, 15) is 13.2 Å². The van der Waals surface area contributed by atoms with E-state index in [0.717, 1.165) is 11.1 Å². The van der Waals surface area contributed by atoms with Crippen LogP contribution < -0.4 is 14.8 Å². The second kappa shape index (κ2) is 12.1. The van der Waals surface area contributed by atoms with Crippen LogP contribution in [0, 0.1) is 0 Å². The van der Waals surface area contributed by atoms with Crippen LogP contribution in [0.2, 0.25) is 0 Å². The minimum absolute atomic E-state index is 0.0816. The van der Waals surface area contributed by atoms with Gasteiger partial charge in [0.25, 0.3) is 10.0 Å². The molecule has 0 bridgehead atoms. The molecule has 4 rings (SSSR count). The van der Waals surface area contributed by atoms with E-state index < -0.39 is 16.1 Å². The van der Waals surface area contributed by atoms with E-state index in [-0.39, 0.29) is 22.3 Å². The van der Waals surface area contributed by atoms with Gasteiger partial charge in [-0.1, -0.05) is 63.2 Å². The lowest BCUT2D eigenvalue weighted by Crippen LogP contribution is -2.28. The second-order valence-corrected chi connectivity index (χ2v) is 12.6. The van der Waals surface area contributed by atoms with Gasteiger partial charge in [-0.15, -0.1) is 0 Å². The molecule has 0 radical (unpaired) electrons. The number of hydrogen-bond donors (Lipinski definition) is 3. The zero-order valence-electron chi connectivity index (χ0n) is 23.6. The summed E-state index contributed by atoms with van der Waals surface area (Å²) in [5, 5.41) is 3.46. The molecule has 3 N–H and O–H groups in total. The first-order valence-corrected chi connectivity index (χ1v) is 14.8. The fraction of sp³-hybridized carbons (Fsp3) is 0.323. The molecule has 0 fully saturated rings. The summed E-state index contributed by atoms with van der Waals surface area (Å²) < 4.78 is 40.2. The van der Waals surface area contributed by atoms with Gasteiger partial charge in [0.15, 0.2) is 0 Å². The minimum Gasteiger partial charge on any atom is -0.393 e. The Morgan fingerprint density at radius 1 is 0.975 bits per heavy atom. The summed E-state index contributed by atoms with van der Waals surface area (Å²) >= 11 is 0. The maximum atomic E-state index is 13.2. The maximum Gasteiger partial charge on any atom is 0.413 e. The number of sulfonamides is 1. The average molecular weight is 564 g/mol. The Hall–Kier alpha value is -3.82. The molecule has 212 valence electrons. The predicted molar refractivity (Wildman–Crippen MR) is 159 cm³/mol. The first-order valence-electron chi connectivity index (χ1n) is 13.4. The van der Waals surface area contributed by atoms with E-state index >= 15 is 0 Å². The van der Waals surface area contributed by atoms with Crippen molar-refractivity contribution in [3.63, 3.8) is 0 Å². The zero-order valence-corrected chi connectivity index (χ0v) is 24.4. The Labute approximate surface area is 236 Å². The highest BCUT2D eigenvalue weighted by Gasteiger charge is 2.21. The van der Waals surface area contributed by atoms with Gasteiger partial charge in [-0.3, -0.25) is 4.72 Å². The molecule has 0 aliphatic rings. The van der Waals surface area contributed by atoms with Gasteiger partial charge in [-0.25, -0.2) is 13.2 Å². The first kappa shape index (κ1) is 29.2. The smallest absolute Gasteiger partial charge is 0.393 e. The second-order valence-electron chi connectivity index (χ2n) is 10.9. The van der Waals surface area contributed by atoms with Crippen LogP contribution in [-0.4, -0.2) is 38.8 Å². The molecule has 8 nitrogen and oxygen atoms in total. The Kier molecular flexibility index (Phi) is 8.85. The van der Waals surface area contributed by atoms with E-state index in [2.05, 4.69) is 35.8 Å². The Morgan fingerprint density at radius 3 is 2.33 bits per heavy atom. The number of carbonyl (C=O) groups is 1. The van der Waals surface area contributed by atoms with E-state index in [1.807, 2.05) is 56.3 Å². The predicted octanol–water partition coefficient (Wildman–Crippen LogP) is 6.84. The fourth-order valence-electron chi connectivity index (χ4n) is 4.26. The quantitative estimate of drug-likeness (QED) is 0.183. The molecule has 0 aliphatic carbocycles. The van der Waals surface area contributed by atoms with Gasteiger partial charge in [0, 0.05) is 29.7 Å². The van der Waals surface area contributed by atoms with Crippen LogP contribution in [0.15, 0.2) is 77.7 Å². The van der Waals surface area contributed by atoms with Crippen LogP contribution in [0.1, 0.15) is 46.6 Å². The number of ether oxygens (including phenoxy) is 2. The third-order valence-corrected chi connectivity index (χ3v) is 7.74. The average Bonchev–Trinajstić information content (AvgIpc) is 3.25.